The Morgan fingerprint density at radius 2 is 1.90 bits per heavy atom. The fraction of sp³-hybridized carbons (Fsp3) is 0.381. The van der Waals surface area contributed by atoms with Crippen LogP contribution in [0.1, 0.15) is 48.1 Å². The Balaban J connectivity index is 1.93. The number of alkyl halides is 3. The van der Waals surface area contributed by atoms with Crippen LogP contribution in [-0.2, 0) is 18.5 Å². The number of rotatable bonds is 5. The minimum absolute atomic E-state index is 0.127. The Hall–Kier alpha value is -2.90. The van der Waals surface area contributed by atoms with Gasteiger partial charge in [0.2, 0.25) is 0 Å². The monoisotopic (exact) mass is 404 g/mol. The highest BCUT2D eigenvalue weighted by molar-refractivity contribution is 6.05. The second-order valence-electron chi connectivity index (χ2n) is 7.45. The van der Waals surface area contributed by atoms with Crippen LogP contribution in [0.3, 0.4) is 0 Å². The highest BCUT2D eigenvalue weighted by Crippen LogP contribution is 2.40. The predicted molar refractivity (Wildman–Crippen MR) is 105 cm³/mol. The molecule has 0 saturated carbocycles. The van der Waals surface area contributed by atoms with Gasteiger partial charge < -0.3 is 5.32 Å². The molecule has 2 heterocycles. The first-order valence-corrected chi connectivity index (χ1v) is 9.32. The van der Waals surface area contributed by atoms with E-state index in [1.807, 2.05) is 18.5 Å². The molecule has 0 atom stereocenters. The van der Waals surface area contributed by atoms with E-state index in [4.69, 9.17) is 0 Å². The smallest absolute Gasteiger partial charge is 0.348 e. The molecule has 1 amide bonds. The maximum absolute atomic E-state index is 13.4. The lowest BCUT2D eigenvalue weighted by atomic mass is 9.87. The van der Waals surface area contributed by atoms with Crippen LogP contribution in [0, 0.1) is 6.92 Å². The number of pyridine rings is 1. The number of aryl methyl sites for hydroxylation is 1. The summed E-state index contributed by atoms with van der Waals surface area (Å²) >= 11 is 0. The zero-order valence-electron chi connectivity index (χ0n) is 16.8. The molecular weight excluding hydrogens is 381 g/mol. The Labute approximate surface area is 166 Å². The molecule has 1 N–H and O–H groups in total. The van der Waals surface area contributed by atoms with Crippen LogP contribution in [0.4, 0.5) is 13.2 Å². The first-order valence-electron chi connectivity index (χ1n) is 9.32. The Morgan fingerprint density at radius 1 is 1.17 bits per heavy atom. The van der Waals surface area contributed by atoms with Crippen molar-refractivity contribution in [1.29, 1.82) is 0 Å². The fourth-order valence-corrected chi connectivity index (χ4v) is 3.07. The predicted octanol–water partition coefficient (Wildman–Crippen LogP) is 4.53. The number of nitrogens with one attached hydrogen (secondary N) is 1. The molecule has 0 spiro atoms. The molecule has 3 rings (SSSR count). The highest BCUT2D eigenvalue weighted by Gasteiger charge is 2.49. The van der Waals surface area contributed by atoms with Crippen LogP contribution in [0.25, 0.3) is 10.9 Å². The molecule has 0 saturated heterocycles. The van der Waals surface area contributed by atoms with Crippen LogP contribution in [-0.4, -0.2) is 26.8 Å². The van der Waals surface area contributed by atoms with E-state index in [1.165, 1.54) is 6.07 Å². The largest absolute Gasteiger partial charge is 0.399 e. The lowest BCUT2D eigenvalue weighted by Gasteiger charge is -2.27. The number of carbonyl (C=O) groups is 1. The van der Waals surface area contributed by atoms with Crippen molar-refractivity contribution in [2.75, 3.05) is 0 Å². The summed E-state index contributed by atoms with van der Waals surface area (Å²) in [7, 11) is 0. The van der Waals surface area contributed by atoms with E-state index in [1.54, 1.807) is 30.5 Å². The van der Waals surface area contributed by atoms with Crippen LogP contribution >= 0.6 is 0 Å². The first kappa shape index (κ1) is 20.8. The maximum Gasteiger partial charge on any atom is 0.399 e. The molecule has 2 aromatic heterocycles. The number of hydrogen-bond donors (Lipinski definition) is 1. The maximum atomic E-state index is 13.4. The second-order valence-corrected chi connectivity index (χ2v) is 7.45. The number of aromatic nitrogens is 3. The summed E-state index contributed by atoms with van der Waals surface area (Å²) in [5.74, 6) is -0.395. The molecule has 0 bridgehead atoms. The number of amides is 1. The van der Waals surface area contributed by atoms with Crippen molar-refractivity contribution in [2.24, 2.45) is 0 Å². The third-order valence-electron chi connectivity index (χ3n) is 5.26. The van der Waals surface area contributed by atoms with Crippen molar-refractivity contribution in [2.45, 2.75) is 52.4 Å². The molecule has 154 valence electrons. The second kappa shape index (κ2) is 7.50. The molecule has 0 fully saturated rings. The standard InChI is InChI=1S/C21H23F3N4O/c1-5-28-13(2)15(12-26-28)11-25-19(29)16-8-6-7-14-9-10-17(27-18(14)16)20(3,4)21(22,23)24/h6-10,12H,5,11H2,1-4H3,(H,25,29). The summed E-state index contributed by atoms with van der Waals surface area (Å²) in [5.41, 5.74) is 0.0724. The molecule has 0 aliphatic heterocycles. The minimum atomic E-state index is -4.46. The van der Waals surface area contributed by atoms with Crippen molar-refractivity contribution < 1.29 is 18.0 Å². The number of carbonyl (C=O) groups excluding carboxylic acids is 1. The van der Waals surface area contributed by atoms with Crippen LogP contribution < -0.4 is 5.32 Å². The number of fused-ring (bicyclic) bond motifs is 1. The summed E-state index contributed by atoms with van der Waals surface area (Å²) in [6.07, 6.45) is -2.76. The van der Waals surface area contributed by atoms with Crippen LogP contribution in [0.2, 0.25) is 0 Å². The molecule has 0 aliphatic carbocycles. The van der Waals surface area contributed by atoms with Gasteiger partial charge in [0.1, 0.15) is 5.41 Å². The van der Waals surface area contributed by atoms with E-state index >= 15 is 0 Å². The lowest BCUT2D eigenvalue weighted by Crippen LogP contribution is -2.37. The summed E-state index contributed by atoms with van der Waals surface area (Å²) in [5, 5.41) is 7.67. The van der Waals surface area contributed by atoms with Gasteiger partial charge in [0.05, 0.1) is 23.0 Å². The van der Waals surface area contributed by atoms with Gasteiger partial charge in [-0.25, -0.2) is 0 Å². The Morgan fingerprint density at radius 3 is 2.52 bits per heavy atom. The fourth-order valence-electron chi connectivity index (χ4n) is 3.07. The number of hydrogen-bond acceptors (Lipinski definition) is 3. The Kier molecular flexibility index (Phi) is 5.38. The lowest BCUT2D eigenvalue weighted by molar-refractivity contribution is -0.181. The SMILES string of the molecule is CCn1ncc(CNC(=O)c2cccc3ccc(C(C)(C)C(F)(F)F)nc23)c1C. The van der Waals surface area contributed by atoms with E-state index in [2.05, 4.69) is 15.4 Å². The average Bonchev–Trinajstić information content (AvgIpc) is 3.03. The van der Waals surface area contributed by atoms with Gasteiger partial charge in [0.25, 0.3) is 5.91 Å². The zero-order valence-corrected chi connectivity index (χ0v) is 16.8. The zero-order chi connectivity index (χ0) is 21.4. The number of benzene rings is 1. The number of halogens is 3. The summed E-state index contributed by atoms with van der Waals surface area (Å²) in [6.45, 7) is 7.06. The molecule has 5 nitrogen and oxygen atoms in total. The van der Waals surface area contributed by atoms with Gasteiger partial charge in [0.15, 0.2) is 0 Å². The van der Waals surface area contributed by atoms with Crippen molar-refractivity contribution in [1.82, 2.24) is 20.1 Å². The summed E-state index contributed by atoms with van der Waals surface area (Å²) in [6, 6.07) is 7.90. The molecule has 8 heteroatoms. The average molecular weight is 404 g/mol. The molecule has 29 heavy (non-hydrogen) atoms. The number of para-hydroxylation sites is 1. The van der Waals surface area contributed by atoms with Gasteiger partial charge >= 0.3 is 6.18 Å². The van der Waals surface area contributed by atoms with Gasteiger partial charge in [-0.2, -0.15) is 18.3 Å². The van der Waals surface area contributed by atoms with Crippen molar-refractivity contribution in [3.8, 4) is 0 Å². The van der Waals surface area contributed by atoms with Gasteiger partial charge in [-0.15, -0.1) is 0 Å². The van der Waals surface area contributed by atoms with Gasteiger partial charge in [-0.3, -0.25) is 14.5 Å². The van der Waals surface area contributed by atoms with Gasteiger partial charge in [-0.1, -0.05) is 18.2 Å². The highest BCUT2D eigenvalue weighted by atomic mass is 19.4. The van der Waals surface area contributed by atoms with Crippen molar-refractivity contribution >= 4 is 16.8 Å². The van der Waals surface area contributed by atoms with Crippen molar-refractivity contribution in [3.05, 3.63) is 59.0 Å². The van der Waals surface area contributed by atoms with Crippen LogP contribution in [0.5, 0.6) is 0 Å². The van der Waals surface area contributed by atoms with Gasteiger partial charge in [-0.05, 0) is 39.8 Å². The third kappa shape index (κ3) is 3.83. The molecule has 3 aromatic rings. The summed E-state index contributed by atoms with van der Waals surface area (Å²) in [4.78, 5) is 17.0. The first-order chi connectivity index (χ1) is 13.6. The number of nitrogens with zero attached hydrogens (tertiary/aromatic N) is 3. The quantitative estimate of drug-likeness (QED) is 0.680. The van der Waals surface area contributed by atoms with E-state index in [9.17, 15) is 18.0 Å². The van der Waals surface area contributed by atoms with Crippen LogP contribution in [0.15, 0.2) is 36.5 Å². The van der Waals surface area contributed by atoms with E-state index < -0.39 is 17.5 Å². The normalized spacial score (nSPS) is 12.4. The molecular formula is C21H23F3N4O. The van der Waals surface area contributed by atoms with E-state index in [0.29, 0.717) is 5.39 Å². The molecule has 0 unspecified atom stereocenters. The molecule has 0 radical (unpaired) electrons. The third-order valence-corrected chi connectivity index (χ3v) is 5.26. The molecule has 0 aliphatic rings. The van der Waals surface area contributed by atoms with Gasteiger partial charge in [0, 0.05) is 29.7 Å². The minimum Gasteiger partial charge on any atom is -0.348 e. The molecule has 1 aromatic carbocycles. The Bertz CT molecular complexity index is 1050. The topological polar surface area (TPSA) is 59.8 Å². The van der Waals surface area contributed by atoms with Crippen molar-refractivity contribution in [3.63, 3.8) is 0 Å². The van der Waals surface area contributed by atoms with E-state index in [0.717, 1.165) is 31.6 Å². The summed E-state index contributed by atoms with van der Waals surface area (Å²) < 4.78 is 42.1. The van der Waals surface area contributed by atoms with E-state index in [-0.39, 0.29) is 23.3 Å².